The molecule has 1 atom stereocenters. The van der Waals surface area contributed by atoms with Crippen molar-refractivity contribution in [2.24, 2.45) is 5.92 Å². The molecule has 4 rings (SSSR count). The SMILES string of the molecule is Cc1cccc(C)c1NS(=O)(=O)c1ccc(NC(=O)C2CC(=O)N(Cc3ccco3)C2)cc1. The Balaban J connectivity index is 1.39. The zero-order valence-corrected chi connectivity index (χ0v) is 19.2. The molecule has 9 heteroatoms. The summed E-state index contributed by atoms with van der Waals surface area (Å²) in [5.74, 6) is -0.211. The molecular weight excluding hydrogens is 442 g/mol. The largest absolute Gasteiger partial charge is 0.467 e. The molecule has 0 radical (unpaired) electrons. The molecule has 2 N–H and O–H groups in total. The van der Waals surface area contributed by atoms with Gasteiger partial charge in [0, 0.05) is 18.7 Å². The second-order valence-electron chi connectivity index (χ2n) is 8.14. The molecule has 1 aromatic heterocycles. The van der Waals surface area contributed by atoms with Gasteiger partial charge in [0.25, 0.3) is 10.0 Å². The van der Waals surface area contributed by atoms with Crippen molar-refractivity contribution in [3.8, 4) is 0 Å². The van der Waals surface area contributed by atoms with Crippen molar-refractivity contribution < 1.29 is 22.4 Å². The summed E-state index contributed by atoms with van der Waals surface area (Å²) in [6.07, 6.45) is 1.67. The van der Waals surface area contributed by atoms with E-state index in [0.717, 1.165) is 11.1 Å². The van der Waals surface area contributed by atoms with Crippen LogP contribution in [0.15, 0.2) is 70.2 Å². The van der Waals surface area contributed by atoms with E-state index >= 15 is 0 Å². The van der Waals surface area contributed by atoms with E-state index in [0.29, 0.717) is 30.2 Å². The molecule has 172 valence electrons. The maximum Gasteiger partial charge on any atom is 0.261 e. The van der Waals surface area contributed by atoms with Crippen molar-refractivity contribution in [1.29, 1.82) is 0 Å². The molecule has 1 fully saturated rings. The number of aryl methyl sites for hydroxylation is 2. The van der Waals surface area contributed by atoms with Crippen molar-refractivity contribution >= 4 is 33.2 Å². The minimum absolute atomic E-state index is 0.0869. The van der Waals surface area contributed by atoms with Gasteiger partial charge in [-0.05, 0) is 61.4 Å². The van der Waals surface area contributed by atoms with Crippen LogP contribution in [0.4, 0.5) is 11.4 Å². The Bertz CT molecular complexity index is 1250. The molecule has 2 amide bonds. The normalized spacial score (nSPS) is 16.1. The number of para-hydroxylation sites is 1. The molecule has 3 aromatic rings. The molecule has 0 aliphatic carbocycles. The van der Waals surface area contributed by atoms with E-state index in [-0.39, 0.29) is 23.1 Å². The Morgan fingerprint density at radius 1 is 1.06 bits per heavy atom. The maximum absolute atomic E-state index is 12.8. The molecule has 1 saturated heterocycles. The van der Waals surface area contributed by atoms with Gasteiger partial charge in [-0.2, -0.15) is 0 Å². The van der Waals surface area contributed by atoms with Crippen molar-refractivity contribution in [3.05, 3.63) is 77.7 Å². The molecule has 0 saturated carbocycles. The highest BCUT2D eigenvalue weighted by Crippen LogP contribution is 2.25. The van der Waals surface area contributed by atoms with Gasteiger partial charge < -0.3 is 14.6 Å². The van der Waals surface area contributed by atoms with Crippen LogP contribution in [0, 0.1) is 19.8 Å². The number of rotatable bonds is 7. The first kappa shape index (κ1) is 22.6. The average Bonchev–Trinajstić information content (AvgIpc) is 3.42. The van der Waals surface area contributed by atoms with Gasteiger partial charge >= 0.3 is 0 Å². The number of amides is 2. The summed E-state index contributed by atoms with van der Waals surface area (Å²) in [4.78, 5) is 26.6. The molecule has 0 bridgehead atoms. The second-order valence-corrected chi connectivity index (χ2v) is 9.82. The molecule has 1 aliphatic rings. The first-order valence-corrected chi connectivity index (χ1v) is 12.0. The molecule has 0 spiro atoms. The molecule has 2 aromatic carbocycles. The minimum Gasteiger partial charge on any atom is -0.467 e. The van der Waals surface area contributed by atoms with Gasteiger partial charge in [0.1, 0.15) is 5.76 Å². The van der Waals surface area contributed by atoms with Crippen molar-refractivity contribution in [1.82, 2.24) is 4.90 Å². The topological polar surface area (TPSA) is 109 Å². The van der Waals surface area contributed by atoms with E-state index in [9.17, 15) is 18.0 Å². The van der Waals surface area contributed by atoms with E-state index in [1.54, 1.807) is 23.3 Å². The van der Waals surface area contributed by atoms with Crippen LogP contribution < -0.4 is 10.0 Å². The van der Waals surface area contributed by atoms with Crippen molar-refractivity contribution in [2.45, 2.75) is 31.7 Å². The van der Waals surface area contributed by atoms with Crippen LogP contribution in [0.1, 0.15) is 23.3 Å². The number of benzene rings is 2. The number of nitrogens with one attached hydrogen (secondary N) is 2. The summed E-state index contributed by atoms with van der Waals surface area (Å²) in [7, 11) is -3.78. The second kappa shape index (κ2) is 9.11. The maximum atomic E-state index is 12.8. The van der Waals surface area contributed by atoms with Crippen molar-refractivity contribution in [3.63, 3.8) is 0 Å². The smallest absolute Gasteiger partial charge is 0.261 e. The third kappa shape index (κ3) is 5.09. The van der Waals surface area contributed by atoms with Gasteiger partial charge in [-0.15, -0.1) is 0 Å². The van der Waals surface area contributed by atoms with Gasteiger partial charge in [0.15, 0.2) is 0 Å². The standard InChI is InChI=1S/C24H25N3O5S/c1-16-5-3-6-17(2)23(16)26-33(30,31)21-10-8-19(9-11-21)25-24(29)18-13-22(28)27(14-18)15-20-7-4-12-32-20/h3-12,18,26H,13-15H2,1-2H3,(H,25,29). The predicted octanol–water partition coefficient (Wildman–Crippen LogP) is 3.68. The first-order valence-electron chi connectivity index (χ1n) is 10.5. The summed E-state index contributed by atoms with van der Waals surface area (Å²) in [6, 6.07) is 15.0. The Morgan fingerprint density at radius 2 is 1.76 bits per heavy atom. The Kier molecular flexibility index (Phi) is 6.24. The molecule has 1 aliphatic heterocycles. The lowest BCUT2D eigenvalue weighted by Gasteiger charge is -2.15. The van der Waals surface area contributed by atoms with Crippen LogP contribution >= 0.6 is 0 Å². The number of anilines is 2. The summed E-state index contributed by atoms with van der Waals surface area (Å²) >= 11 is 0. The highest BCUT2D eigenvalue weighted by Gasteiger charge is 2.34. The van der Waals surface area contributed by atoms with E-state index in [4.69, 9.17) is 4.42 Å². The number of furan rings is 1. The van der Waals surface area contributed by atoms with E-state index in [1.165, 1.54) is 24.3 Å². The van der Waals surface area contributed by atoms with E-state index in [2.05, 4.69) is 10.0 Å². The Morgan fingerprint density at radius 3 is 2.39 bits per heavy atom. The predicted molar refractivity (Wildman–Crippen MR) is 124 cm³/mol. The number of likely N-dealkylation sites (tertiary alicyclic amines) is 1. The molecule has 2 heterocycles. The number of sulfonamides is 1. The molecular formula is C24H25N3O5S. The summed E-state index contributed by atoms with van der Waals surface area (Å²) in [5.41, 5.74) is 2.67. The number of carbonyl (C=O) groups excluding carboxylic acids is 2. The summed E-state index contributed by atoms with van der Waals surface area (Å²) in [5, 5.41) is 2.77. The minimum atomic E-state index is -3.78. The lowest BCUT2D eigenvalue weighted by molar-refractivity contribution is -0.128. The van der Waals surface area contributed by atoms with Crippen LogP contribution in [0.5, 0.6) is 0 Å². The highest BCUT2D eigenvalue weighted by molar-refractivity contribution is 7.92. The van der Waals surface area contributed by atoms with Crippen molar-refractivity contribution in [2.75, 3.05) is 16.6 Å². The van der Waals surface area contributed by atoms with Crippen LogP contribution in [0.2, 0.25) is 0 Å². The number of hydrogen-bond acceptors (Lipinski definition) is 5. The van der Waals surface area contributed by atoms with Crippen LogP contribution in [-0.4, -0.2) is 31.7 Å². The zero-order chi connectivity index (χ0) is 23.6. The van der Waals surface area contributed by atoms with Gasteiger partial charge in [-0.1, -0.05) is 18.2 Å². The lowest BCUT2D eigenvalue weighted by atomic mass is 10.1. The third-order valence-electron chi connectivity index (χ3n) is 5.66. The average molecular weight is 468 g/mol. The van der Waals surface area contributed by atoms with Gasteiger partial charge in [-0.25, -0.2) is 8.42 Å². The third-order valence-corrected chi connectivity index (χ3v) is 7.03. The van der Waals surface area contributed by atoms with E-state index < -0.39 is 15.9 Å². The van der Waals surface area contributed by atoms with Crippen LogP contribution in [0.3, 0.4) is 0 Å². The lowest BCUT2D eigenvalue weighted by Crippen LogP contribution is -2.27. The molecule has 8 nitrogen and oxygen atoms in total. The monoisotopic (exact) mass is 467 g/mol. The molecule has 1 unspecified atom stereocenters. The number of carbonyl (C=O) groups is 2. The first-order chi connectivity index (χ1) is 15.7. The zero-order valence-electron chi connectivity index (χ0n) is 18.4. The number of nitrogens with zero attached hydrogens (tertiary/aromatic N) is 1. The van der Waals surface area contributed by atoms with Gasteiger partial charge in [0.05, 0.1) is 29.3 Å². The fraction of sp³-hybridized carbons (Fsp3) is 0.250. The summed E-state index contributed by atoms with van der Waals surface area (Å²) in [6.45, 7) is 4.31. The van der Waals surface area contributed by atoms with Crippen LogP contribution in [-0.2, 0) is 26.2 Å². The van der Waals surface area contributed by atoms with E-state index in [1.807, 2.05) is 32.0 Å². The molecule has 33 heavy (non-hydrogen) atoms. The number of hydrogen-bond donors (Lipinski definition) is 2. The fourth-order valence-corrected chi connectivity index (χ4v) is 5.02. The van der Waals surface area contributed by atoms with Gasteiger partial charge in [-0.3, -0.25) is 14.3 Å². The van der Waals surface area contributed by atoms with Crippen LogP contribution in [0.25, 0.3) is 0 Å². The highest BCUT2D eigenvalue weighted by atomic mass is 32.2. The fourth-order valence-electron chi connectivity index (χ4n) is 3.82. The Labute approximate surface area is 192 Å². The van der Waals surface area contributed by atoms with Gasteiger partial charge in [0.2, 0.25) is 11.8 Å². The Hall–Kier alpha value is -3.59. The quantitative estimate of drug-likeness (QED) is 0.551. The summed E-state index contributed by atoms with van der Waals surface area (Å²) < 4.78 is 33.5.